The highest BCUT2D eigenvalue weighted by molar-refractivity contribution is 6.29. The molecule has 0 aliphatic carbocycles. The van der Waals surface area contributed by atoms with Gasteiger partial charge in [0.05, 0.1) is 23.8 Å². The first kappa shape index (κ1) is 12.5. The van der Waals surface area contributed by atoms with Crippen LogP contribution < -0.4 is 5.32 Å². The van der Waals surface area contributed by atoms with Gasteiger partial charge in [-0.15, -0.1) is 0 Å². The number of amides is 1. The maximum atomic E-state index is 11.9. The van der Waals surface area contributed by atoms with Crippen molar-refractivity contribution in [1.29, 1.82) is 0 Å². The fourth-order valence-electron chi connectivity index (χ4n) is 1.54. The summed E-state index contributed by atoms with van der Waals surface area (Å²) in [7, 11) is 1.80. The van der Waals surface area contributed by atoms with Crippen molar-refractivity contribution in [3.63, 3.8) is 0 Å². The maximum absolute atomic E-state index is 11.9. The van der Waals surface area contributed by atoms with Crippen molar-refractivity contribution in [3.8, 4) is 0 Å². The highest BCUT2D eigenvalue weighted by Gasteiger charge is 2.13. The maximum Gasteiger partial charge on any atom is 0.276 e. The van der Waals surface area contributed by atoms with Crippen LogP contribution in [0.25, 0.3) is 0 Å². The molecule has 94 valence electrons. The Morgan fingerprint density at radius 1 is 1.50 bits per heavy atom. The number of nitrogens with one attached hydrogen (secondary N) is 1. The zero-order valence-electron chi connectivity index (χ0n) is 10.0. The molecule has 1 amide bonds. The number of aromatic nitrogens is 4. The van der Waals surface area contributed by atoms with E-state index >= 15 is 0 Å². The molecule has 0 atom stereocenters. The summed E-state index contributed by atoms with van der Waals surface area (Å²) in [6, 6.07) is 0. The first-order chi connectivity index (χ1) is 8.60. The second-order valence-corrected chi connectivity index (χ2v) is 4.09. The summed E-state index contributed by atoms with van der Waals surface area (Å²) >= 11 is 5.68. The van der Waals surface area contributed by atoms with E-state index in [4.69, 9.17) is 11.6 Å². The number of hydrogen-bond acceptors (Lipinski definition) is 4. The molecule has 0 radical (unpaired) electrons. The number of nitrogens with zero attached hydrogens (tertiary/aromatic N) is 4. The van der Waals surface area contributed by atoms with Crippen molar-refractivity contribution >= 4 is 23.2 Å². The van der Waals surface area contributed by atoms with Gasteiger partial charge in [-0.1, -0.05) is 18.5 Å². The molecule has 0 unspecified atom stereocenters. The van der Waals surface area contributed by atoms with Crippen molar-refractivity contribution < 1.29 is 4.79 Å². The van der Waals surface area contributed by atoms with Gasteiger partial charge in [-0.3, -0.25) is 14.5 Å². The fourth-order valence-corrected chi connectivity index (χ4v) is 1.69. The average Bonchev–Trinajstić information content (AvgIpc) is 2.69. The number of halogens is 1. The lowest BCUT2D eigenvalue weighted by atomic mass is 10.3. The van der Waals surface area contributed by atoms with E-state index in [1.165, 1.54) is 12.4 Å². The van der Waals surface area contributed by atoms with Crippen molar-refractivity contribution in [3.05, 3.63) is 35.1 Å². The van der Waals surface area contributed by atoms with Crippen molar-refractivity contribution in [2.45, 2.75) is 13.3 Å². The molecule has 2 aromatic heterocycles. The largest absolute Gasteiger partial charge is 0.318 e. The molecule has 0 fully saturated rings. The normalized spacial score (nSPS) is 10.4. The lowest BCUT2D eigenvalue weighted by Gasteiger charge is -2.03. The number of hydrogen-bond donors (Lipinski definition) is 1. The van der Waals surface area contributed by atoms with Gasteiger partial charge in [-0.05, 0) is 6.42 Å². The summed E-state index contributed by atoms with van der Waals surface area (Å²) in [4.78, 5) is 19.6. The molecule has 0 saturated carbocycles. The number of aryl methyl sites for hydroxylation is 2. The molecular formula is C11H12ClN5O. The Bertz CT molecular complexity index is 581. The highest BCUT2D eigenvalue weighted by atomic mass is 35.5. The minimum atomic E-state index is -0.354. The van der Waals surface area contributed by atoms with E-state index in [-0.39, 0.29) is 16.8 Å². The van der Waals surface area contributed by atoms with Crippen LogP contribution >= 0.6 is 11.6 Å². The smallest absolute Gasteiger partial charge is 0.276 e. The van der Waals surface area contributed by atoms with Crippen LogP contribution in [0.5, 0.6) is 0 Å². The molecule has 0 bridgehead atoms. The van der Waals surface area contributed by atoms with Gasteiger partial charge in [0.1, 0.15) is 10.8 Å². The van der Waals surface area contributed by atoms with Gasteiger partial charge in [0.25, 0.3) is 5.91 Å². The van der Waals surface area contributed by atoms with Crippen LogP contribution in [0.4, 0.5) is 5.69 Å². The lowest BCUT2D eigenvalue weighted by Crippen LogP contribution is -2.14. The third-order valence-corrected chi connectivity index (χ3v) is 2.51. The van der Waals surface area contributed by atoms with Crippen molar-refractivity contribution in [2.75, 3.05) is 5.32 Å². The van der Waals surface area contributed by atoms with Gasteiger partial charge < -0.3 is 5.32 Å². The Balaban J connectivity index is 2.21. The summed E-state index contributed by atoms with van der Waals surface area (Å²) in [6.45, 7) is 1.97. The number of carbonyl (C=O) groups is 1. The molecule has 0 aliphatic heterocycles. The molecule has 0 aliphatic rings. The summed E-state index contributed by atoms with van der Waals surface area (Å²) in [5.41, 5.74) is 1.67. The number of carbonyl (C=O) groups excluding carboxylic acids is 1. The molecule has 7 heteroatoms. The van der Waals surface area contributed by atoms with E-state index < -0.39 is 0 Å². The van der Waals surface area contributed by atoms with E-state index in [0.717, 1.165) is 12.1 Å². The first-order valence-corrected chi connectivity index (χ1v) is 5.79. The Morgan fingerprint density at radius 3 is 2.94 bits per heavy atom. The SMILES string of the molecule is CCc1nn(C)cc1NC(=O)c1cncc(Cl)n1. The van der Waals surface area contributed by atoms with Gasteiger partial charge in [0.2, 0.25) is 0 Å². The van der Waals surface area contributed by atoms with E-state index in [1.54, 1.807) is 17.9 Å². The number of anilines is 1. The monoisotopic (exact) mass is 265 g/mol. The van der Waals surface area contributed by atoms with E-state index in [1.807, 2.05) is 6.92 Å². The molecule has 6 nitrogen and oxygen atoms in total. The first-order valence-electron chi connectivity index (χ1n) is 5.41. The third-order valence-electron chi connectivity index (χ3n) is 2.33. The zero-order valence-corrected chi connectivity index (χ0v) is 10.8. The Kier molecular flexibility index (Phi) is 3.57. The molecular weight excluding hydrogens is 254 g/mol. The predicted octanol–water partition coefficient (Wildman–Crippen LogP) is 1.68. The highest BCUT2D eigenvalue weighted by Crippen LogP contribution is 2.14. The minimum Gasteiger partial charge on any atom is -0.318 e. The van der Waals surface area contributed by atoms with Gasteiger partial charge in [-0.25, -0.2) is 4.98 Å². The molecule has 18 heavy (non-hydrogen) atoms. The predicted molar refractivity (Wildman–Crippen MR) is 67.6 cm³/mol. The van der Waals surface area contributed by atoms with Gasteiger partial charge in [-0.2, -0.15) is 5.10 Å². The lowest BCUT2D eigenvalue weighted by molar-refractivity contribution is 0.102. The molecule has 2 heterocycles. The second-order valence-electron chi connectivity index (χ2n) is 3.70. The van der Waals surface area contributed by atoms with E-state index in [2.05, 4.69) is 20.4 Å². The Hall–Kier alpha value is -1.95. The van der Waals surface area contributed by atoms with Crippen LogP contribution in [0.15, 0.2) is 18.6 Å². The minimum absolute atomic E-state index is 0.174. The summed E-state index contributed by atoms with van der Waals surface area (Å²) in [6.07, 6.45) is 5.22. The second kappa shape index (κ2) is 5.14. The van der Waals surface area contributed by atoms with Gasteiger partial charge >= 0.3 is 0 Å². The Labute approximate surface area is 109 Å². The van der Waals surface area contributed by atoms with E-state index in [0.29, 0.717) is 5.69 Å². The van der Waals surface area contributed by atoms with Gasteiger partial charge in [0, 0.05) is 13.2 Å². The number of rotatable bonds is 3. The summed E-state index contributed by atoms with van der Waals surface area (Å²) in [5, 5.41) is 7.16. The average molecular weight is 266 g/mol. The molecule has 2 aromatic rings. The van der Waals surface area contributed by atoms with Crippen LogP contribution in [0.3, 0.4) is 0 Å². The fraction of sp³-hybridized carbons (Fsp3) is 0.273. The van der Waals surface area contributed by atoms with Crippen LogP contribution in [0.2, 0.25) is 5.15 Å². The standard InChI is InChI=1S/C11H12ClN5O/c1-3-7-9(6-17(2)16-7)15-11(18)8-4-13-5-10(12)14-8/h4-6H,3H2,1-2H3,(H,15,18). The van der Waals surface area contributed by atoms with Crippen molar-refractivity contribution in [1.82, 2.24) is 19.7 Å². The van der Waals surface area contributed by atoms with Crippen LogP contribution in [0, 0.1) is 0 Å². The molecule has 0 spiro atoms. The van der Waals surface area contributed by atoms with E-state index in [9.17, 15) is 4.79 Å². The summed E-state index contributed by atoms with van der Waals surface area (Å²) in [5.74, 6) is -0.354. The Morgan fingerprint density at radius 2 is 2.28 bits per heavy atom. The zero-order chi connectivity index (χ0) is 13.1. The van der Waals surface area contributed by atoms with Crippen LogP contribution in [-0.4, -0.2) is 25.7 Å². The van der Waals surface area contributed by atoms with Crippen LogP contribution in [0.1, 0.15) is 23.1 Å². The molecule has 0 aromatic carbocycles. The summed E-state index contributed by atoms with van der Waals surface area (Å²) < 4.78 is 1.65. The van der Waals surface area contributed by atoms with Gasteiger partial charge in [0.15, 0.2) is 0 Å². The van der Waals surface area contributed by atoms with Crippen LogP contribution in [-0.2, 0) is 13.5 Å². The van der Waals surface area contributed by atoms with Crippen molar-refractivity contribution in [2.24, 2.45) is 7.05 Å². The molecule has 1 N–H and O–H groups in total. The topological polar surface area (TPSA) is 72.7 Å². The molecule has 2 rings (SSSR count). The molecule has 0 saturated heterocycles. The quantitative estimate of drug-likeness (QED) is 0.916. The third kappa shape index (κ3) is 2.65.